The quantitative estimate of drug-likeness (QED) is 0.661. The van der Waals surface area contributed by atoms with Gasteiger partial charge < -0.3 is 4.74 Å². The first-order chi connectivity index (χ1) is 14.3. The van der Waals surface area contributed by atoms with Crippen LogP contribution in [0.2, 0.25) is 0 Å². The lowest BCUT2D eigenvalue weighted by Gasteiger charge is -2.31. The zero-order valence-electron chi connectivity index (χ0n) is 17.8. The van der Waals surface area contributed by atoms with Crippen LogP contribution in [0.5, 0.6) is 0 Å². The molecule has 2 aromatic carbocycles. The van der Waals surface area contributed by atoms with E-state index < -0.39 is 16.0 Å². The third-order valence-electron chi connectivity index (χ3n) is 5.77. The van der Waals surface area contributed by atoms with Gasteiger partial charge >= 0.3 is 5.97 Å². The third kappa shape index (κ3) is 5.21. The second-order valence-corrected chi connectivity index (χ2v) is 9.59. The van der Waals surface area contributed by atoms with Crippen LogP contribution in [-0.4, -0.2) is 39.5 Å². The number of benzene rings is 2. The van der Waals surface area contributed by atoms with Crippen molar-refractivity contribution in [1.82, 2.24) is 4.90 Å². The summed E-state index contributed by atoms with van der Waals surface area (Å²) in [5.74, 6) is -0.494. The molecular weight excluding hydrogens is 400 g/mol. The Balaban J connectivity index is 1.81. The zero-order valence-corrected chi connectivity index (χ0v) is 18.7. The van der Waals surface area contributed by atoms with Crippen LogP contribution in [0.4, 0.5) is 5.69 Å². The monoisotopic (exact) mass is 430 g/mol. The largest absolute Gasteiger partial charge is 0.465 e. The number of methoxy groups -OCH3 is 1. The maximum atomic E-state index is 13.1. The SMILES string of the molecule is COC(=O)c1ccc(S(=O)(=O)Nc2ccccc2CN(C)C2CCCCC2)c(C)c1. The number of carbonyl (C=O) groups excluding carboxylic acids is 1. The van der Waals surface area contributed by atoms with Gasteiger partial charge in [0.05, 0.1) is 23.3 Å². The number of rotatable bonds is 7. The third-order valence-corrected chi connectivity index (χ3v) is 7.29. The number of esters is 1. The molecular formula is C23H30N2O4S. The number of hydrogen-bond donors (Lipinski definition) is 1. The van der Waals surface area contributed by atoms with Crippen molar-refractivity contribution >= 4 is 21.7 Å². The van der Waals surface area contributed by atoms with E-state index in [1.54, 1.807) is 13.0 Å². The van der Waals surface area contributed by atoms with Gasteiger partial charge in [0, 0.05) is 12.6 Å². The van der Waals surface area contributed by atoms with Crippen LogP contribution in [0.15, 0.2) is 47.4 Å². The molecule has 30 heavy (non-hydrogen) atoms. The molecule has 0 unspecified atom stereocenters. The number of para-hydroxylation sites is 1. The van der Waals surface area contributed by atoms with Gasteiger partial charge in [-0.15, -0.1) is 0 Å². The fourth-order valence-electron chi connectivity index (χ4n) is 4.07. The van der Waals surface area contributed by atoms with Gasteiger partial charge in [0.2, 0.25) is 0 Å². The molecule has 2 aromatic rings. The fraction of sp³-hybridized carbons (Fsp3) is 0.435. The van der Waals surface area contributed by atoms with E-state index in [0.29, 0.717) is 29.4 Å². The molecule has 1 aliphatic rings. The molecule has 162 valence electrons. The molecule has 1 fully saturated rings. The Morgan fingerprint density at radius 1 is 1.13 bits per heavy atom. The molecule has 1 aliphatic carbocycles. The van der Waals surface area contributed by atoms with Crippen molar-refractivity contribution in [2.45, 2.75) is 56.5 Å². The minimum absolute atomic E-state index is 0.144. The molecule has 0 aliphatic heterocycles. The number of sulfonamides is 1. The molecule has 0 saturated heterocycles. The summed E-state index contributed by atoms with van der Waals surface area (Å²) < 4.78 is 33.6. The number of aryl methyl sites for hydroxylation is 1. The van der Waals surface area contributed by atoms with E-state index in [9.17, 15) is 13.2 Å². The second-order valence-electron chi connectivity index (χ2n) is 7.94. The van der Waals surface area contributed by atoms with E-state index in [0.717, 1.165) is 5.56 Å². The van der Waals surface area contributed by atoms with Gasteiger partial charge in [0.15, 0.2) is 0 Å². The maximum absolute atomic E-state index is 13.1. The number of nitrogens with one attached hydrogen (secondary N) is 1. The highest BCUT2D eigenvalue weighted by atomic mass is 32.2. The van der Waals surface area contributed by atoms with Gasteiger partial charge in [0.25, 0.3) is 10.0 Å². The molecule has 0 amide bonds. The highest BCUT2D eigenvalue weighted by Crippen LogP contribution is 2.27. The lowest BCUT2D eigenvalue weighted by atomic mass is 9.94. The minimum atomic E-state index is -3.80. The van der Waals surface area contributed by atoms with Crippen LogP contribution in [-0.2, 0) is 21.3 Å². The summed E-state index contributed by atoms with van der Waals surface area (Å²) in [7, 11) is -0.392. The summed E-state index contributed by atoms with van der Waals surface area (Å²) >= 11 is 0. The van der Waals surface area contributed by atoms with Gasteiger partial charge in [-0.3, -0.25) is 9.62 Å². The Morgan fingerprint density at radius 2 is 1.83 bits per heavy atom. The van der Waals surface area contributed by atoms with Crippen LogP contribution in [0.3, 0.4) is 0 Å². The van der Waals surface area contributed by atoms with Gasteiger partial charge in [0.1, 0.15) is 0 Å². The van der Waals surface area contributed by atoms with E-state index in [1.807, 2.05) is 18.2 Å². The number of ether oxygens (including phenoxy) is 1. The molecule has 0 atom stereocenters. The highest BCUT2D eigenvalue weighted by Gasteiger charge is 2.22. The van der Waals surface area contributed by atoms with Crippen molar-refractivity contribution < 1.29 is 17.9 Å². The Hall–Kier alpha value is -2.38. The maximum Gasteiger partial charge on any atom is 0.337 e. The Kier molecular flexibility index (Phi) is 7.15. The first-order valence-electron chi connectivity index (χ1n) is 10.3. The summed E-state index contributed by atoms with van der Waals surface area (Å²) in [4.78, 5) is 14.2. The number of carbonyl (C=O) groups is 1. The van der Waals surface area contributed by atoms with Crippen LogP contribution >= 0.6 is 0 Å². The standard InChI is InChI=1S/C23H30N2O4S/c1-17-15-18(23(26)29-3)13-14-22(17)30(27,28)24-21-12-8-7-9-19(21)16-25(2)20-10-5-4-6-11-20/h7-9,12-15,20,24H,4-6,10-11,16H2,1-3H3. The Labute approximate surface area is 179 Å². The summed E-state index contributed by atoms with van der Waals surface area (Å²) in [5.41, 5.74) is 2.33. The molecule has 1 saturated carbocycles. The number of hydrogen-bond acceptors (Lipinski definition) is 5. The van der Waals surface area contributed by atoms with E-state index in [4.69, 9.17) is 4.74 Å². The molecule has 0 heterocycles. The molecule has 0 radical (unpaired) electrons. The van der Waals surface area contributed by atoms with Gasteiger partial charge in [-0.1, -0.05) is 37.5 Å². The highest BCUT2D eigenvalue weighted by molar-refractivity contribution is 7.92. The van der Waals surface area contributed by atoms with Crippen LogP contribution in [0, 0.1) is 6.92 Å². The van der Waals surface area contributed by atoms with Crippen LogP contribution in [0.1, 0.15) is 53.6 Å². The van der Waals surface area contributed by atoms with E-state index in [-0.39, 0.29) is 4.90 Å². The molecule has 0 aromatic heterocycles. The number of nitrogens with zero attached hydrogens (tertiary/aromatic N) is 1. The molecule has 7 heteroatoms. The normalized spacial score (nSPS) is 15.2. The summed E-state index contributed by atoms with van der Waals surface area (Å²) in [6.07, 6.45) is 6.19. The predicted molar refractivity (Wildman–Crippen MR) is 118 cm³/mol. The summed E-state index contributed by atoms with van der Waals surface area (Å²) in [6.45, 7) is 2.35. The Morgan fingerprint density at radius 3 is 2.50 bits per heavy atom. The van der Waals surface area contributed by atoms with Gasteiger partial charge in [-0.05, 0) is 62.2 Å². The van der Waals surface area contributed by atoms with E-state index >= 15 is 0 Å². The molecule has 6 nitrogen and oxygen atoms in total. The van der Waals surface area contributed by atoms with Gasteiger partial charge in [-0.25, -0.2) is 13.2 Å². The van der Waals surface area contributed by atoms with Crippen molar-refractivity contribution in [3.05, 3.63) is 59.2 Å². The first kappa shape index (κ1) is 22.3. The second kappa shape index (κ2) is 9.62. The lowest BCUT2D eigenvalue weighted by Crippen LogP contribution is -2.33. The van der Waals surface area contributed by atoms with Crippen LogP contribution in [0.25, 0.3) is 0 Å². The molecule has 0 spiro atoms. The van der Waals surface area contributed by atoms with Crippen molar-refractivity contribution in [2.75, 3.05) is 18.9 Å². The van der Waals surface area contributed by atoms with Crippen molar-refractivity contribution in [1.29, 1.82) is 0 Å². The average molecular weight is 431 g/mol. The van der Waals surface area contributed by atoms with Crippen LogP contribution < -0.4 is 4.72 Å². The van der Waals surface area contributed by atoms with Gasteiger partial charge in [-0.2, -0.15) is 0 Å². The van der Waals surface area contributed by atoms with Crippen molar-refractivity contribution in [3.8, 4) is 0 Å². The minimum Gasteiger partial charge on any atom is -0.465 e. The average Bonchev–Trinajstić information content (AvgIpc) is 2.74. The Bertz CT molecular complexity index is 998. The fourth-order valence-corrected chi connectivity index (χ4v) is 5.40. The van der Waals surface area contributed by atoms with Crippen molar-refractivity contribution in [3.63, 3.8) is 0 Å². The first-order valence-corrected chi connectivity index (χ1v) is 11.8. The lowest BCUT2D eigenvalue weighted by molar-refractivity contribution is 0.0600. The molecule has 3 rings (SSSR count). The topological polar surface area (TPSA) is 75.7 Å². The summed E-state index contributed by atoms with van der Waals surface area (Å²) in [5, 5.41) is 0. The molecule has 0 bridgehead atoms. The number of anilines is 1. The summed E-state index contributed by atoms with van der Waals surface area (Å²) in [6, 6.07) is 12.5. The van der Waals surface area contributed by atoms with E-state index in [2.05, 4.69) is 16.7 Å². The van der Waals surface area contributed by atoms with Crippen molar-refractivity contribution in [2.24, 2.45) is 0 Å². The molecule has 1 N–H and O–H groups in total. The zero-order chi connectivity index (χ0) is 21.7. The van der Waals surface area contributed by atoms with E-state index in [1.165, 1.54) is 57.4 Å². The predicted octanol–water partition coefficient (Wildman–Crippen LogP) is 4.35. The smallest absolute Gasteiger partial charge is 0.337 e.